The average Bonchev–Trinajstić information content (AvgIpc) is 2.43. The van der Waals surface area contributed by atoms with E-state index < -0.39 is 5.82 Å². The molecule has 0 fully saturated rings. The number of anilines is 2. The van der Waals surface area contributed by atoms with Gasteiger partial charge in [0.05, 0.1) is 11.2 Å². The maximum Gasteiger partial charge on any atom is 0.224 e. The van der Waals surface area contributed by atoms with E-state index in [0.717, 1.165) is 5.39 Å². The third-order valence-electron chi connectivity index (χ3n) is 2.76. The molecule has 0 aliphatic heterocycles. The van der Waals surface area contributed by atoms with Gasteiger partial charge in [0.1, 0.15) is 11.6 Å². The van der Waals surface area contributed by atoms with E-state index in [2.05, 4.69) is 15.3 Å². The maximum absolute atomic E-state index is 13.8. The lowest BCUT2D eigenvalue weighted by Gasteiger charge is -2.10. The van der Waals surface area contributed by atoms with Gasteiger partial charge >= 0.3 is 0 Å². The second-order valence-corrected chi connectivity index (χ2v) is 4.88. The monoisotopic (exact) mass is 307 g/mol. The van der Waals surface area contributed by atoms with Crippen LogP contribution >= 0.6 is 23.2 Å². The first kappa shape index (κ1) is 13.1. The average molecular weight is 308 g/mol. The highest BCUT2D eigenvalue weighted by Gasteiger charge is 2.09. The first-order chi connectivity index (χ1) is 9.63. The molecule has 0 radical (unpaired) electrons. The Morgan fingerprint density at radius 3 is 2.65 bits per heavy atom. The van der Waals surface area contributed by atoms with Crippen molar-refractivity contribution in [1.29, 1.82) is 0 Å². The van der Waals surface area contributed by atoms with Gasteiger partial charge < -0.3 is 5.32 Å². The van der Waals surface area contributed by atoms with Gasteiger partial charge in [-0.3, -0.25) is 0 Å². The van der Waals surface area contributed by atoms with E-state index >= 15 is 0 Å². The quantitative estimate of drug-likeness (QED) is 0.690. The highest BCUT2D eigenvalue weighted by Crippen LogP contribution is 2.27. The molecular formula is C14H8Cl2FN3. The number of fused-ring (bicyclic) bond motifs is 1. The number of aromatic nitrogens is 2. The summed E-state index contributed by atoms with van der Waals surface area (Å²) in [7, 11) is 0. The third kappa shape index (κ3) is 2.53. The second kappa shape index (κ2) is 5.23. The molecule has 0 atom stereocenters. The first-order valence-corrected chi connectivity index (χ1v) is 6.53. The summed E-state index contributed by atoms with van der Waals surface area (Å²) in [4.78, 5) is 8.21. The van der Waals surface area contributed by atoms with E-state index in [1.807, 2.05) is 24.3 Å². The second-order valence-electron chi connectivity index (χ2n) is 4.11. The van der Waals surface area contributed by atoms with Gasteiger partial charge in [-0.15, -0.1) is 0 Å². The number of para-hydroxylation sites is 1. The largest absolute Gasteiger partial charge is 0.337 e. The van der Waals surface area contributed by atoms with Crippen molar-refractivity contribution in [3.63, 3.8) is 0 Å². The molecule has 0 saturated carbocycles. The topological polar surface area (TPSA) is 37.8 Å². The predicted molar refractivity (Wildman–Crippen MR) is 79.2 cm³/mol. The smallest absolute Gasteiger partial charge is 0.224 e. The molecule has 20 heavy (non-hydrogen) atoms. The molecular weight excluding hydrogens is 300 g/mol. The lowest BCUT2D eigenvalue weighted by atomic mass is 10.2. The Bertz CT molecular complexity index is 792. The minimum Gasteiger partial charge on any atom is -0.337 e. The third-order valence-corrected chi connectivity index (χ3v) is 3.16. The van der Waals surface area contributed by atoms with Crippen LogP contribution in [-0.4, -0.2) is 9.97 Å². The Morgan fingerprint density at radius 1 is 1.00 bits per heavy atom. The van der Waals surface area contributed by atoms with Crippen molar-refractivity contribution in [1.82, 2.24) is 9.97 Å². The van der Waals surface area contributed by atoms with Crippen LogP contribution in [0.1, 0.15) is 0 Å². The normalized spacial score (nSPS) is 10.8. The summed E-state index contributed by atoms with van der Waals surface area (Å²) < 4.78 is 13.8. The van der Waals surface area contributed by atoms with Crippen LogP contribution in [0.2, 0.25) is 10.3 Å². The zero-order valence-corrected chi connectivity index (χ0v) is 11.6. The van der Waals surface area contributed by atoms with Crippen LogP contribution in [0.25, 0.3) is 10.9 Å². The summed E-state index contributed by atoms with van der Waals surface area (Å²) in [5, 5.41) is 4.17. The molecule has 100 valence electrons. The van der Waals surface area contributed by atoms with Crippen LogP contribution in [0.4, 0.5) is 15.9 Å². The van der Waals surface area contributed by atoms with Crippen molar-refractivity contribution < 1.29 is 4.39 Å². The fourth-order valence-electron chi connectivity index (χ4n) is 1.86. The zero-order valence-electron chi connectivity index (χ0n) is 10.1. The number of benzene rings is 2. The molecule has 1 N–H and O–H groups in total. The molecule has 2 aromatic carbocycles. The Morgan fingerprint density at radius 2 is 1.80 bits per heavy atom. The van der Waals surface area contributed by atoms with Crippen LogP contribution in [0, 0.1) is 5.82 Å². The highest BCUT2D eigenvalue weighted by atomic mass is 35.5. The Kier molecular flexibility index (Phi) is 3.42. The van der Waals surface area contributed by atoms with E-state index in [9.17, 15) is 4.39 Å². The summed E-state index contributed by atoms with van der Waals surface area (Å²) in [6.07, 6.45) is 0. The van der Waals surface area contributed by atoms with Gasteiger partial charge in [0.15, 0.2) is 0 Å². The van der Waals surface area contributed by atoms with Gasteiger partial charge in [0, 0.05) is 10.4 Å². The fraction of sp³-hybridized carbons (Fsp3) is 0. The van der Waals surface area contributed by atoms with E-state index in [4.69, 9.17) is 23.2 Å². The van der Waals surface area contributed by atoms with Crippen molar-refractivity contribution in [2.45, 2.75) is 0 Å². The lowest BCUT2D eigenvalue weighted by Crippen LogP contribution is -1.99. The van der Waals surface area contributed by atoms with Crippen LogP contribution in [-0.2, 0) is 0 Å². The van der Waals surface area contributed by atoms with E-state index in [0.29, 0.717) is 16.4 Å². The number of nitrogens with one attached hydrogen (secondary N) is 1. The fourth-order valence-corrected chi connectivity index (χ4v) is 2.21. The van der Waals surface area contributed by atoms with Crippen LogP contribution in [0.15, 0.2) is 42.5 Å². The van der Waals surface area contributed by atoms with Gasteiger partial charge in [0.2, 0.25) is 5.28 Å². The van der Waals surface area contributed by atoms with Crippen molar-refractivity contribution in [3.05, 3.63) is 58.6 Å². The van der Waals surface area contributed by atoms with E-state index in [1.165, 1.54) is 18.2 Å². The van der Waals surface area contributed by atoms with Crippen molar-refractivity contribution >= 4 is 45.6 Å². The van der Waals surface area contributed by atoms with Gasteiger partial charge in [0.25, 0.3) is 0 Å². The molecule has 1 heterocycles. The Hall–Kier alpha value is -1.91. The van der Waals surface area contributed by atoms with Crippen LogP contribution in [0.5, 0.6) is 0 Å². The summed E-state index contributed by atoms with van der Waals surface area (Å²) >= 11 is 11.7. The lowest BCUT2D eigenvalue weighted by molar-refractivity contribution is 0.632. The summed E-state index contributed by atoms with van der Waals surface area (Å²) in [6.45, 7) is 0. The summed E-state index contributed by atoms with van der Waals surface area (Å²) in [5.74, 6) is 0.00924. The number of rotatable bonds is 2. The van der Waals surface area contributed by atoms with Gasteiger partial charge in [-0.2, -0.15) is 4.98 Å². The molecule has 0 bridgehead atoms. The van der Waals surface area contributed by atoms with Gasteiger partial charge in [-0.25, -0.2) is 9.37 Å². The molecule has 0 unspecified atom stereocenters. The molecule has 0 aliphatic carbocycles. The number of hydrogen-bond donors (Lipinski definition) is 1. The molecule has 0 saturated heterocycles. The van der Waals surface area contributed by atoms with Crippen LogP contribution < -0.4 is 5.32 Å². The molecule has 1 aromatic heterocycles. The SMILES string of the molecule is Fc1ccc(Cl)cc1Nc1nc(Cl)nc2ccccc12. The minimum atomic E-state index is -0.423. The maximum atomic E-state index is 13.8. The summed E-state index contributed by atoms with van der Waals surface area (Å²) in [6, 6.07) is 11.6. The Balaban J connectivity index is 2.13. The number of hydrogen-bond acceptors (Lipinski definition) is 3. The molecule has 3 rings (SSSR count). The molecule has 3 nitrogen and oxygen atoms in total. The van der Waals surface area contributed by atoms with Crippen molar-refractivity contribution in [2.24, 2.45) is 0 Å². The molecule has 0 aliphatic rings. The molecule has 0 amide bonds. The van der Waals surface area contributed by atoms with Crippen molar-refractivity contribution in [3.8, 4) is 0 Å². The van der Waals surface area contributed by atoms with Gasteiger partial charge in [-0.05, 0) is 41.9 Å². The van der Waals surface area contributed by atoms with Crippen molar-refractivity contribution in [2.75, 3.05) is 5.32 Å². The Labute approximate surface area is 124 Å². The highest BCUT2D eigenvalue weighted by molar-refractivity contribution is 6.31. The molecule has 6 heteroatoms. The summed E-state index contributed by atoms with van der Waals surface area (Å²) in [5.41, 5.74) is 0.912. The van der Waals surface area contributed by atoms with Gasteiger partial charge in [-0.1, -0.05) is 23.7 Å². The van der Waals surface area contributed by atoms with Crippen LogP contribution in [0.3, 0.4) is 0 Å². The first-order valence-electron chi connectivity index (χ1n) is 5.78. The number of halogens is 3. The van der Waals surface area contributed by atoms with E-state index in [-0.39, 0.29) is 11.0 Å². The molecule has 3 aromatic rings. The molecule has 0 spiro atoms. The van der Waals surface area contributed by atoms with E-state index in [1.54, 1.807) is 0 Å². The standard InChI is InChI=1S/C14H8Cl2FN3/c15-8-5-6-10(17)12(7-8)18-13-9-3-1-2-4-11(9)19-14(16)20-13/h1-7H,(H,18,19,20). The zero-order chi connectivity index (χ0) is 14.1. The number of nitrogens with zero attached hydrogens (tertiary/aromatic N) is 2. The minimum absolute atomic E-state index is 0.0913. The predicted octanol–water partition coefficient (Wildman–Crippen LogP) is 4.82.